The Labute approximate surface area is 283 Å². The highest BCUT2D eigenvalue weighted by Gasteiger charge is 2.31. The molecule has 0 bridgehead atoms. The van der Waals surface area contributed by atoms with Crippen LogP contribution in [0.4, 0.5) is 0 Å². The molecule has 0 fully saturated rings. The van der Waals surface area contributed by atoms with Gasteiger partial charge in [0.1, 0.15) is 12.4 Å². The van der Waals surface area contributed by atoms with Crippen molar-refractivity contribution in [1.82, 2.24) is 4.57 Å². The molecule has 5 rings (SSSR count). The number of benzene rings is 3. The summed E-state index contributed by atoms with van der Waals surface area (Å²) in [5.41, 5.74) is 2.40. The van der Waals surface area contributed by atoms with Crippen LogP contribution in [0, 0.1) is 0 Å². The zero-order valence-electron chi connectivity index (χ0n) is 23.9. The largest absolute Gasteiger partial charge is 0.490 e. The summed E-state index contributed by atoms with van der Waals surface area (Å²) in [7, 11) is 1.30. The second-order valence-corrected chi connectivity index (χ2v) is 13.1. The summed E-state index contributed by atoms with van der Waals surface area (Å²) in [6.07, 6.45) is 3.26. The van der Waals surface area contributed by atoms with Gasteiger partial charge in [-0.25, -0.2) is 9.79 Å². The number of rotatable bonds is 10. The van der Waals surface area contributed by atoms with E-state index in [2.05, 4.69) is 52.8 Å². The van der Waals surface area contributed by atoms with Crippen molar-refractivity contribution in [2.24, 2.45) is 4.99 Å². The van der Waals surface area contributed by atoms with Gasteiger partial charge in [0, 0.05) is 10.7 Å². The van der Waals surface area contributed by atoms with Crippen LogP contribution < -0.4 is 29.1 Å². The van der Waals surface area contributed by atoms with Crippen molar-refractivity contribution in [2.45, 2.75) is 26.5 Å². The molecule has 1 aliphatic heterocycles. The number of carbonyl (C=O) groups excluding carboxylic acids is 1. The van der Waals surface area contributed by atoms with E-state index >= 15 is 0 Å². The maximum atomic E-state index is 14.0. The molecule has 0 saturated carbocycles. The number of carbonyl (C=O) groups is 1. The zero-order valence-corrected chi connectivity index (χ0v) is 29.5. The number of thiazole rings is 1. The molecular formula is C32H27Br3N2O6S. The van der Waals surface area contributed by atoms with Crippen LogP contribution in [-0.2, 0) is 16.1 Å². The topological polar surface area (TPSA) is 88.4 Å². The van der Waals surface area contributed by atoms with Crippen molar-refractivity contribution in [2.75, 3.05) is 20.3 Å². The van der Waals surface area contributed by atoms with E-state index in [1.165, 1.54) is 29.2 Å². The van der Waals surface area contributed by atoms with Crippen molar-refractivity contribution in [3.8, 4) is 17.2 Å². The molecule has 3 aromatic carbocycles. The Balaban J connectivity index is 1.54. The molecule has 1 aliphatic rings. The average molecular weight is 807 g/mol. The Morgan fingerprint density at radius 1 is 0.955 bits per heavy atom. The second-order valence-electron chi connectivity index (χ2n) is 9.48. The molecule has 0 amide bonds. The van der Waals surface area contributed by atoms with Crippen molar-refractivity contribution < 1.29 is 23.7 Å². The van der Waals surface area contributed by atoms with Crippen molar-refractivity contribution in [3.63, 3.8) is 0 Å². The molecule has 2 heterocycles. The molecule has 0 aliphatic carbocycles. The SMILES string of the molecule is CCOc1ccc([C@@H]2C(C(=O)OC)=CN=c3s/c(=C\c4cc(Br)c(OCc5ccc(Br)cc5)c(Br)c4)c(=O)n32)cc1OCC. The summed E-state index contributed by atoms with van der Waals surface area (Å²) in [6.45, 7) is 5.05. The van der Waals surface area contributed by atoms with Crippen molar-refractivity contribution in [3.05, 3.63) is 116 Å². The van der Waals surface area contributed by atoms with Gasteiger partial charge >= 0.3 is 5.97 Å². The van der Waals surface area contributed by atoms with E-state index in [9.17, 15) is 9.59 Å². The number of methoxy groups -OCH3 is 1. The lowest BCUT2D eigenvalue weighted by atomic mass is 9.97. The first-order valence-corrected chi connectivity index (χ1v) is 16.8. The maximum absolute atomic E-state index is 14.0. The van der Waals surface area contributed by atoms with Gasteiger partial charge in [0.2, 0.25) is 0 Å². The predicted octanol–water partition coefficient (Wildman–Crippen LogP) is 6.68. The monoisotopic (exact) mass is 804 g/mol. The van der Waals surface area contributed by atoms with Gasteiger partial charge in [-0.05, 0) is 105 Å². The van der Waals surface area contributed by atoms with Gasteiger partial charge in [-0.15, -0.1) is 0 Å². The Morgan fingerprint density at radius 2 is 1.64 bits per heavy atom. The third-order valence-electron chi connectivity index (χ3n) is 6.62. The molecule has 1 atom stereocenters. The number of halogens is 3. The number of fused-ring (bicyclic) bond motifs is 1. The Kier molecular flexibility index (Phi) is 10.5. The third-order valence-corrected chi connectivity index (χ3v) is 9.33. The Morgan fingerprint density at radius 3 is 2.30 bits per heavy atom. The molecule has 8 nitrogen and oxygen atoms in total. The highest BCUT2D eigenvalue weighted by atomic mass is 79.9. The highest BCUT2D eigenvalue weighted by Crippen LogP contribution is 2.37. The lowest BCUT2D eigenvalue weighted by Crippen LogP contribution is -2.39. The van der Waals surface area contributed by atoms with E-state index in [0.717, 1.165) is 24.5 Å². The molecule has 0 radical (unpaired) electrons. The van der Waals surface area contributed by atoms with Gasteiger partial charge in [-0.1, -0.05) is 45.5 Å². The number of ether oxygens (including phenoxy) is 4. The van der Waals surface area contributed by atoms with E-state index in [1.54, 1.807) is 18.2 Å². The minimum absolute atomic E-state index is 0.232. The number of hydrogen-bond acceptors (Lipinski definition) is 8. The quantitative estimate of drug-likeness (QED) is 0.166. The normalized spacial score (nSPS) is 14.4. The van der Waals surface area contributed by atoms with E-state index in [-0.39, 0.29) is 11.1 Å². The van der Waals surface area contributed by atoms with Crippen LogP contribution in [0.5, 0.6) is 17.2 Å². The number of esters is 1. The minimum atomic E-state index is -0.774. The fourth-order valence-corrected chi connectivity index (χ4v) is 7.36. The first-order chi connectivity index (χ1) is 21.2. The number of hydrogen-bond donors (Lipinski definition) is 0. The summed E-state index contributed by atoms with van der Waals surface area (Å²) in [5.74, 6) is 1.17. The molecule has 12 heteroatoms. The summed E-state index contributed by atoms with van der Waals surface area (Å²) >= 11 is 11.9. The minimum Gasteiger partial charge on any atom is -0.490 e. The molecule has 0 spiro atoms. The molecule has 1 aromatic heterocycles. The van der Waals surface area contributed by atoms with Gasteiger partial charge in [-0.2, -0.15) is 0 Å². The second kappa shape index (κ2) is 14.3. The van der Waals surface area contributed by atoms with Crippen molar-refractivity contribution >= 4 is 71.2 Å². The zero-order chi connectivity index (χ0) is 31.4. The Bertz CT molecular complexity index is 1890. The van der Waals surface area contributed by atoms with Crippen LogP contribution in [0.2, 0.25) is 0 Å². The molecule has 0 unspecified atom stereocenters. The molecule has 4 aromatic rings. The standard InChI is InChI=1S/C32H27Br3N2O6S/c1-4-41-25-11-8-20(15-26(25)42-5-2)28-22(31(39)40-3)16-36-32-37(28)30(38)27(44-32)14-19-12-23(34)29(24(35)13-19)43-17-18-6-9-21(33)10-7-18/h6-16,28H,4-5,17H2,1-3H3/b27-14-/t28-/m1/s1. The van der Waals surface area contributed by atoms with Crippen LogP contribution in [0.25, 0.3) is 6.08 Å². The lowest BCUT2D eigenvalue weighted by Gasteiger charge is -2.23. The molecule has 0 N–H and O–H groups in total. The van der Waals surface area contributed by atoms with Gasteiger partial charge < -0.3 is 18.9 Å². The predicted molar refractivity (Wildman–Crippen MR) is 180 cm³/mol. The first kappa shape index (κ1) is 32.2. The maximum Gasteiger partial charge on any atom is 0.337 e. The molecular weight excluding hydrogens is 780 g/mol. The van der Waals surface area contributed by atoms with E-state index in [0.29, 0.717) is 52.0 Å². The number of nitrogens with zero attached hydrogens (tertiary/aromatic N) is 2. The third kappa shape index (κ3) is 6.88. The Hall–Kier alpha value is -3.19. The van der Waals surface area contributed by atoms with Gasteiger partial charge in [-0.3, -0.25) is 9.36 Å². The van der Waals surface area contributed by atoms with Crippen LogP contribution in [0.1, 0.15) is 36.6 Å². The first-order valence-electron chi connectivity index (χ1n) is 13.6. The van der Waals surface area contributed by atoms with Crippen LogP contribution in [0.3, 0.4) is 0 Å². The van der Waals surface area contributed by atoms with Gasteiger partial charge in [0.25, 0.3) is 5.56 Å². The molecule has 44 heavy (non-hydrogen) atoms. The van der Waals surface area contributed by atoms with Gasteiger partial charge in [0.15, 0.2) is 16.3 Å². The molecule has 228 valence electrons. The van der Waals surface area contributed by atoms with E-state index < -0.39 is 12.0 Å². The van der Waals surface area contributed by atoms with E-state index in [1.807, 2.05) is 56.3 Å². The van der Waals surface area contributed by atoms with E-state index in [4.69, 9.17) is 18.9 Å². The summed E-state index contributed by atoms with van der Waals surface area (Å²) in [6, 6.07) is 16.3. The van der Waals surface area contributed by atoms with Crippen LogP contribution in [0.15, 0.2) is 89.6 Å². The van der Waals surface area contributed by atoms with Crippen LogP contribution >= 0.6 is 59.1 Å². The lowest BCUT2D eigenvalue weighted by molar-refractivity contribution is -0.136. The summed E-state index contributed by atoms with van der Waals surface area (Å²) < 4.78 is 27.1. The number of aromatic nitrogens is 1. The highest BCUT2D eigenvalue weighted by molar-refractivity contribution is 9.11. The fourth-order valence-electron chi connectivity index (χ4n) is 4.68. The van der Waals surface area contributed by atoms with Crippen molar-refractivity contribution in [1.29, 1.82) is 0 Å². The van der Waals surface area contributed by atoms with Crippen LogP contribution in [-0.4, -0.2) is 30.9 Å². The van der Waals surface area contributed by atoms with Gasteiger partial charge in [0.05, 0.1) is 45.4 Å². The summed E-state index contributed by atoms with van der Waals surface area (Å²) in [4.78, 5) is 31.7. The fraction of sp³-hybridized carbons (Fsp3) is 0.219. The average Bonchev–Trinajstić information content (AvgIpc) is 3.32. The molecule has 0 saturated heterocycles. The smallest absolute Gasteiger partial charge is 0.337 e. The summed E-state index contributed by atoms with van der Waals surface area (Å²) in [5, 5.41) is 0.